The predicted octanol–water partition coefficient (Wildman–Crippen LogP) is 4.67. The standard InChI is InChI=1S/C19H19N3O3S2/c1-4-24-19(23)13-9-10-16(25-13)21-18(15-8-6-12-27-15)22(3)17(20-2)14-7-5-11-26-14/h5-12H,4H2,1-3H3/b20-17?,21-18-. The van der Waals surface area contributed by atoms with E-state index in [-0.39, 0.29) is 5.76 Å². The van der Waals surface area contributed by atoms with Gasteiger partial charge in [-0.15, -0.1) is 22.7 Å². The minimum absolute atomic E-state index is 0.131. The van der Waals surface area contributed by atoms with E-state index in [1.165, 1.54) is 0 Å². The Labute approximate surface area is 165 Å². The summed E-state index contributed by atoms with van der Waals surface area (Å²) in [6.45, 7) is 2.04. The van der Waals surface area contributed by atoms with E-state index in [1.807, 2.05) is 47.0 Å². The van der Waals surface area contributed by atoms with Crippen LogP contribution < -0.4 is 0 Å². The maximum Gasteiger partial charge on any atom is 0.374 e. The maximum absolute atomic E-state index is 11.8. The lowest BCUT2D eigenvalue weighted by Crippen LogP contribution is -2.33. The predicted molar refractivity (Wildman–Crippen MR) is 110 cm³/mol. The third kappa shape index (κ3) is 4.35. The Kier molecular flexibility index (Phi) is 6.20. The van der Waals surface area contributed by atoms with Gasteiger partial charge < -0.3 is 14.1 Å². The van der Waals surface area contributed by atoms with E-state index in [1.54, 1.807) is 48.8 Å². The smallest absolute Gasteiger partial charge is 0.374 e. The van der Waals surface area contributed by atoms with Crippen LogP contribution >= 0.6 is 22.7 Å². The van der Waals surface area contributed by atoms with Crippen LogP contribution in [-0.4, -0.2) is 43.2 Å². The molecule has 0 bridgehead atoms. The first-order valence-electron chi connectivity index (χ1n) is 8.28. The third-order valence-electron chi connectivity index (χ3n) is 3.61. The zero-order chi connectivity index (χ0) is 19.2. The van der Waals surface area contributed by atoms with Gasteiger partial charge in [0.25, 0.3) is 0 Å². The Bertz CT molecular complexity index is 941. The fraction of sp³-hybridized carbons (Fsp3) is 0.211. The lowest BCUT2D eigenvalue weighted by molar-refractivity contribution is 0.0491. The van der Waals surface area contributed by atoms with Gasteiger partial charge in [-0.2, -0.15) is 4.99 Å². The molecule has 0 aliphatic carbocycles. The van der Waals surface area contributed by atoms with Gasteiger partial charge >= 0.3 is 5.97 Å². The van der Waals surface area contributed by atoms with Gasteiger partial charge in [-0.3, -0.25) is 4.99 Å². The second-order valence-corrected chi connectivity index (χ2v) is 7.25. The number of esters is 1. The SMILES string of the molecule is CCOC(=O)c1ccc(/N=C(/c2cccs2)N(C)C(=NC)c2cccs2)o1. The number of carbonyl (C=O) groups is 1. The monoisotopic (exact) mass is 401 g/mol. The van der Waals surface area contributed by atoms with E-state index >= 15 is 0 Å². The number of aliphatic imine (C=N–C) groups is 2. The van der Waals surface area contributed by atoms with Crippen LogP contribution in [0.4, 0.5) is 5.88 Å². The number of ether oxygens (including phenoxy) is 1. The van der Waals surface area contributed by atoms with Crippen LogP contribution in [0.1, 0.15) is 27.2 Å². The summed E-state index contributed by atoms with van der Waals surface area (Å²) in [6.07, 6.45) is 0. The fourth-order valence-electron chi connectivity index (χ4n) is 2.44. The molecule has 0 spiro atoms. The minimum atomic E-state index is -0.501. The van der Waals surface area contributed by atoms with Gasteiger partial charge in [-0.25, -0.2) is 4.79 Å². The first-order valence-corrected chi connectivity index (χ1v) is 10.0. The van der Waals surface area contributed by atoms with Crippen LogP contribution in [0.5, 0.6) is 0 Å². The van der Waals surface area contributed by atoms with E-state index in [4.69, 9.17) is 9.15 Å². The first kappa shape index (κ1) is 19.1. The summed E-state index contributed by atoms with van der Waals surface area (Å²) in [5, 5.41) is 3.99. The quantitative estimate of drug-likeness (QED) is 0.354. The van der Waals surface area contributed by atoms with Crippen LogP contribution in [0.3, 0.4) is 0 Å². The number of nitrogens with zero attached hydrogens (tertiary/aromatic N) is 3. The summed E-state index contributed by atoms with van der Waals surface area (Å²) in [7, 11) is 3.67. The largest absolute Gasteiger partial charge is 0.460 e. The summed E-state index contributed by atoms with van der Waals surface area (Å²) >= 11 is 3.18. The van der Waals surface area contributed by atoms with Gasteiger partial charge in [-0.1, -0.05) is 12.1 Å². The average Bonchev–Trinajstić information content (AvgIpc) is 3.42. The molecule has 0 N–H and O–H groups in total. The molecule has 0 aliphatic heterocycles. The second-order valence-electron chi connectivity index (χ2n) is 5.35. The van der Waals surface area contributed by atoms with E-state index in [0.29, 0.717) is 18.3 Å². The molecule has 0 radical (unpaired) electrons. The molecule has 0 aliphatic rings. The van der Waals surface area contributed by atoms with E-state index in [2.05, 4.69) is 9.98 Å². The summed E-state index contributed by atoms with van der Waals surface area (Å²) < 4.78 is 10.5. The molecule has 27 heavy (non-hydrogen) atoms. The second kappa shape index (κ2) is 8.79. The van der Waals surface area contributed by atoms with Gasteiger partial charge in [0.05, 0.1) is 16.4 Å². The van der Waals surface area contributed by atoms with Gasteiger partial charge in [0.1, 0.15) is 5.84 Å². The molecule has 0 saturated heterocycles. The average molecular weight is 402 g/mol. The molecule has 0 atom stereocenters. The normalized spacial score (nSPS) is 12.3. The molecule has 3 rings (SSSR count). The van der Waals surface area contributed by atoms with E-state index in [9.17, 15) is 4.79 Å². The van der Waals surface area contributed by atoms with Crippen molar-refractivity contribution in [1.82, 2.24) is 4.90 Å². The zero-order valence-electron chi connectivity index (χ0n) is 15.2. The molecule has 0 aromatic carbocycles. The van der Waals surface area contributed by atoms with Crippen molar-refractivity contribution in [2.75, 3.05) is 20.7 Å². The first-order chi connectivity index (χ1) is 13.1. The molecular weight excluding hydrogens is 382 g/mol. The van der Waals surface area contributed by atoms with Crippen molar-refractivity contribution in [2.24, 2.45) is 9.98 Å². The van der Waals surface area contributed by atoms with Crippen molar-refractivity contribution in [2.45, 2.75) is 6.92 Å². The van der Waals surface area contributed by atoms with Gasteiger partial charge in [0.2, 0.25) is 11.6 Å². The molecule has 0 fully saturated rings. The Morgan fingerprint density at radius 3 is 2.33 bits per heavy atom. The molecule has 6 nitrogen and oxygen atoms in total. The Morgan fingerprint density at radius 1 is 1.11 bits per heavy atom. The molecule has 0 unspecified atom stereocenters. The Balaban J connectivity index is 1.97. The number of rotatable bonds is 5. The number of amidine groups is 2. The molecule has 0 amide bonds. The van der Waals surface area contributed by atoms with Crippen molar-refractivity contribution in [3.8, 4) is 0 Å². The molecule has 3 aromatic rings. The number of hydrogen-bond acceptors (Lipinski definition) is 7. The van der Waals surface area contributed by atoms with Crippen LogP contribution in [0.25, 0.3) is 0 Å². The minimum Gasteiger partial charge on any atom is -0.460 e. The summed E-state index contributed by atoms with van der Waals surface area (Å²) in [5.41, 5.74) is 0. The van der Waals surface area contributed by atoms with Crippen molar-refractivity contribution < 1.29 is 13.9 Å². The topological polar surface area (TPSA) is 67.4 Å². The van der Waals surface area contributed by atoms with Crippen LogP contribution in [0.15, 0.2) is 61.6 Å². The van der Waals surface area contributed by atoms with Gasteiger partial charge in [-0.05, 0) is 35.9 Å². The lowest BCUT2D eigenvalue weighted by Gasteiger charge is -2.21. The molecular formula is C19H19N3O3S2. The zero-order valence-corrected chi connectivity index (χ0v) is 16.8. The van der Waals surface area contributed by atoms with Crippen molar-refractivity contribution in [3.63, 3.8) is 0 Å². The summed E-state index contributed by atoms with van der Waals surface area (Å²) in [4.78, 5) is 24.8. The number of hydrogen-bond donors (Lipinski definition) is 0. The highest BCUT2D eigenvalue weighted by atomic mass is 32.1. The van der Waals surface area contributed by atoms with Crippen molar-refractivity contribution in [1.29, 1.82) is 0 Å². The molecule has 3 heterocycles. The van der Waals surface area contributed by atoms with Crippen LogP contribution in [-0.2, 0) is 4.74 Å². The number of carbonyl (C=O) groups excluding carboxylic acids is 1. The Hall–Kier alpha value is -2.71. The van der Waals surface area contributed by atoms with Crippen molar-refractivity contribution >= 4 is 46.2 Å². The highest BCUT2D eigenvalue weighted by Gasteiger charge is 2.19. The third-order valence-corrected chi connectivity index (χ3v) is 5.35. The molecule has 8 heteroatoms. The van der Waals surface area contributed by atoms with Crippen LogP contribution in [0.2, 0.25) is 0 Å². The number of thiophene rings is 2. The highest BCUT2D eigenvalue weighted by Crippen LogP contribution is 2.23. The molecule has 3 aromatic heterocycles. The maximum atomic E-state index is 11.8. The summed E-state index contributed by atoms with van der Waals surface area (Å²) in [6, 6.07) is 11.2. The molecule has 140 valence electrons. The highest BCUT2D eigenvalue weighted by molar-refractivity contribution is 7.12. The van der Waals surface area contributed by atoms with Crippen LogP contribution in [0, 0.1) is 0 Å². The van der Waals surface area contributed by atoms with E-state index < -0.39 is 5.97 Å². The Morgan fingerprint density at radius 2 is 1.78 bits per heavy atom. The van der Waals surface area contributed by atoms with Crippen molar-refractivity contribution in [3.05, 3.63) is 62.7 Å². The fourth-order valence-corrected chi connectivity index (χ4v) is 3.98. The van der Waals surface area contributed by atoms with E-state index in [0.717, 1.165) is 15.6 Å². The molecule has 0 saturated carbocycles. The number of furan rings is 1. The lowest BCUT2D eigenvalue weighted by atomic mass is 10.3. The summed E-state index contributed by atoms with van der Waals surface area (Å²) in [5.74, 6) is 1.44. The van der Waals surface area contributed by atoms with Gasteiger partial charge in [0, 0.05) is 20.2 Å². The van der Waals surface area contributed by atoms with Gasteiger partial charge in [0.15, 0.2) is 5.84 Å².